The Kier molecular flexibility index (Phi) is 3.66. The molecule has 11 aromatic rings. The van der Waals surface area contributed by atoms with Crippen molar-refractivity contribution in [1.29, 1.82) is 0 Å². The minimum Gasteiger partial charge on any atom is -0.455 e. The van der Waals surface area contributed by atoms with E-state index in [4.69, 9.17) is 8.83 Å². The molecule has 0 atom stereocenters. The molecule has 216 valence electrons. The fourth-order valence-corrected chi connectivity index (χ4v) is 8.93. The number of hydrogen-bond acceptors (Lipinski definition) is 2. The van der Waals surface area contributed by atoms with Crippen LogP contribution in [0.3, 0.4) is 0 Å². The summed E-state index contributed by atoms with van der Waals surface area (Å²) in [6.07, 6.45) is 0. The fourth-order valence-electron chi connectivity index (χ4n) is 8.93. The van der Waals surface area contributed by atoms with E-state index in [0.29, 0.717) is 0 Å². The molecule has 5 heteroatoms. The summed E-state index contributed by atoms with van der Waals surface area (Å²) in [5, 5.41) is 11.6. The summed E-state index contributed by atoms with van der Waals surface area (Å²) in [6, 6.07) is 45.8. The number of aromatic nitrogens is 3. The second-order valence-electron chi connectivity index (χ2n) is 12.9. The SMILES string of the molecule is c1ccc2c(c1)oc1c2cc2c3c1c1ccccc1n3c1cccc3c1-n2n1c2ccccc2c2c4oc5ccccc5c4cc3c21. The molecule has 6 heterocycles. The molecule has 4 aromatic heterocycles. The lowest BCUT2D eigenvalue weighted by Crippen LogP contribution is -2.14. The second-order valence-corrected chi connectivity index (χ2v) is 12.9. The molecule has 0 spiro atoms. The second kappa shape index (κ2) is 7.49. The molecule has 5 nitrogen and oxygen atoms in total. The van der Waals surface area contributed by atoms with Crippen molar-refractivity contribution in [3.63, 3.8) is 0 Å². The van der Waals surface area contributed by atoms with Crippen LogP contribution >= 0.6 is 0 Å². The minimum atomic E-state index is 0.903. The van der Waals surface area contributed by atoms with E-state index in [1.165, 1.54) is 32.7 Å². The number of rotatable bonds is 0. The van der Waals surface area contributed by atoms with Crippen LogP contribution in [0.4, 0.5) is 0 Å². The van der Waals surface area contributed by atoms with Gasteiger partial charge in [-0.15, -0.1) is 0 Å². The number of furan rings is 2. The van der Waals surface area contributed by atoms with Gasteiger partial charge < -0.3 is 13.2 Å². The maximum absolute atomic E-state index is 6.71. The zero-order valence-corrected chi connectivity index (χ0v) is 24.8. The Morgan fingerprint density at radius 3 is 1.68 bits per heavy atom. The smallest absolute Gasteiger partial charge is 0.145 e. The summed E-state index contributed by atoms with van der Waals surface area (Å²) in [7, 11) is 0. The van der Waals surface area contributed by atoms with E-state index in [2.05, 4.69) is 141 Å². The van der Waals surface area contributed by atoms with Gasteiger partial charge in [-0.3, -0.25) is 0 Å². The molecule has 0 fully saturated rings. The quantitative estimate of drug-likeness (QED) is 0.128. The van der Waals surface area contributed by atoms with Gasteiger partial charge in [-0.2, -0.15) is 0 Å². The maximum atomic E-state index is 6.71. The van der Waals surface area contributed by atoms with Gasteiger partial charge in [0.1, 0.15) is 22.3 Å². The van der Waals surface area contributed by atoms with Crippen LogP contribution < -0.4 is 0 Å². The third-order valence-corrected chi connectivity index (χ3v) is 10.7. The van der Waals surface area contributed by atoms with E-state index < -0.39 is 0 Å². The lowest BCUT2D eigenvalue weighted by Gasteiger charge is -2.24. The molecule has 0 bridgehead atoms. The van der Waals surface area contributed by atoms with Gasteiger partial charge in [0.15, 0.2) is 0 Å². The van der Waals surface area contributed by atoms with Crippen molar-refractivity contribution in [2.45, 2.75) is 0 Å². The van der Waals surface area contributed by atoms with Crippen molar-refractivity contribution >= 4 is 109 Å². The third kappa shape index (κ3) is 2.43. The first-order valence-corrected chi connectivity index (χ1v) is 16.0. The van der Waals surface area contributed by atoms with Crippen LogP contribution in [0.1, 0.15) is 0 Å². The first-order chi connectivity index (χ1) is 23.3. The van der Waals surface area contributed by atoms with E-state index >= 15 is 0 Å². The van der Waals surface area contributed by atoms with Crippen LogP contribution in [0.15, 0.2) is 136 Å². The molecule has 0 amide bonds. The van der Waals surface area contributed by atoms with E-state index in [1.807, 2.05) is 0 Å². The Balaban J connectivity index is 1.44. The van der Waals surface area contributed by atoms with Crippen LogP contribution in [-0.4, -0.2) is 13.6 Å². The van der Waals surface area contributed by atoms with Crippen LogP contribution in [0.2, 0.25) is 0 Å². The Morgan fingerprint density at radius 2 is 0.936 bits per heavy atom. The van der Waals surface area contributed by atoms with Gasteiger partial charge in [0.05, 0.1) is 49.6 Å². The molecule has 0 unspecified atom stereocenters. The van der Waals surface area contributed by atoms with Gasteiger partial charge in [-0.1, -0.05) is 84.9 Å². The van der Waals surface area contributed by atoms with Gasteiger partial charge in [-0.05, 0) is 42.5 Å². The number of benzene rings is 7. The van der Waals surface area contributed by atoms with E-state index in [9.17, 15) is 0 Å². The average molecular weight is 600 g/mol. The Hall–Kier alpha value is -6.46. The first-order valence-electron chi connectivity index (χ1n) is 16.0. The van der Waals surface area contributed by atoms with Gasteiger partial charge in [-0.25, -0.2) is 9.20 Å². The molecule has 2 aliphatic heterocycles. The highest BCUT2D eigenvalue weighted by molar-refractivity contribution is 6.32. The summed E-state index contributed by atoms with van der Waals surface area (Å²) in [6.45, 7) is 0. The molecule has 0 aliphatic carbocycles. The number of hydrogen-bond donors (Lipinski definition) is 0. The molecule has 47 heavy (non-hydrogen) atoms. The van der Waals surface area contributed by atoms with Gasteiger partial charge in [0.2, 0.25) is 0 Å². The lowest BCUT2D eigenvalue weighted by atomic mass is 10.0. The standard InChI is InChI=1S/C42H21N3O2/c1-5-15-30-25(12-1)37-40-33(21-29-23-11-4-8-19-35(23)47-42(29)37)45-38-24(14-9-17-32(38)43(30)40)27-20-28-22-10-3-7-18-34(22)46-41(28)36-26-13-2-6-16-31(26)44(45)39(27)36/h1-21H. The number of para-hydroxylation sites is 5. The van der Waals surface area contributed by atoms with E-state index in [0.717, 1.165) is 82.2 Å². The zero-order valence-electron chi connectivity index (χ0n) is 24.8. The van der Waals surface area contributed by atoms with Gasteiger partial charge in [0.25, 0.3) is 0 Å². The van der Waals surface area contributed by atoms with Crippen molar-refractivity contribution in [3.05, 3.63) is 127 Å². The van der Waals surface area contributed by atoms with E-state index in [1.54, 1.807) is 0 Å². The van der Waals surface area contributed by atoms with Crippen molar-refractivity contribution in [2.24, 2.45) is 0 Å². The summed E-state index contributed by atoms with van der Waals surface area (Å²) in [5.74, 6) is 0. The highest BCUT2D eigenvalue weighted by Gasteiger charge is 2.29. The Bertz CT molecular complexity index is 3470. The fraction of sp³-hybridized carbons (Fsp3) is 0. The normalized spacial score (nSPS) is 13.1. The van der Waals surface area contributed by atoms with Crippen LogP contribution in [0, 0.1) is 0 Å². The molecular formula is C42H21N3O2. The maximum Gasteiger partial charge on any atom is 0.145 e. The van der Waals surface area contributed by atoms with Crippen LogP contribution in [-0.2, 0) is 0 Å². The Morgan fingerprint density at radius 1 is 0.383 bits per heavy atom. The topological polar surface area (TPSA) is 40.0 Å². The highest BCUT2D eigenvalue weighted by atomic mass is 16.3. The van der Waals surface area contributed by atoms with E-state index in [-0.39, 0.29) is 0 Å². The monoisotopic (exact) mass is 599 g/mol. The molecule has 0 radical (unpaired) electrons. The van der Waals surface area contributed by atoms with Gasteiger partial charge >= 0.3 is 0 Å². The average Bonchev–Trinajstić information content (AvgIpc) is 3.87. The molecule has 0 N–H and O–H groups in total. The molecular weight excluding hydrogens is 578 g/mol. The number of nitrogens with zero attached hydrogens (tertiary/aromatic N) is 3. The molecule has 0 saturated heterocycles. The predicted molar refractivity (Wildman–Crippen MR) is 192 cm³/mol. The first kappa shape index (κ1) is 23.0. The lowest BCUT2D eigenvalue weighted by molar-refractivity contribution is 0.672. The molecule has 2 aliphatic rings. The third-order valence-electron chi connectivity index (χ3n) is 10.7. The molecule has 0 saturated carbocycles. The van der Waals surface area contributed by atoms with Crippen LogP contribution in [0.5, 0.6) is 0 Å². The Labute approximate surface area is 264 Å². The molecule has 13 rings (SSSR count). The van der Waals surface area contributed by atoms with Crippen molar-refractivity contribution < 1.29 is 8.83 Å². The van der Waals surface area contributed by atoms with Gasteiger partial charge in [0, 0.05) is 43.1 Å². The largest absolute Gasteiger partial charge is 0.455 e. The van der Waals surface area contributed by atoms with Crippen molar-refractivity contribution in [3.8, 4) is 5.69 Å². The zero-order chi connectivity index (χ0) is 30.1. The van der Waals surface area contributed by atoms with Crippen molar-refractivity contribution in [1.82, 2.24) is 13.6 Å². The summed E-state index contributed by atoms with van der Waals surface area (Å²) < 4.78 is 20.8. The highest BCUT2D eigenvalue weighted by Crippen LogP contribution is 2.49. The molecule has 7 aromatic carbocycles. The number of fused-ring (bicyclic) bond motifs is 18. The summed E-state index contributed by atoms with van der Waals surface area (Å²) in [5.41, 5.74) is 11.8. The van der Waals surface area contributed by atoms with Crippen LogP contribution in [0.25, 0.3) is 115 Å². The predicted octanol–water partition coefficient (Wildman–Crippen LogP) is 11.4. The summed E-state index contributed by atoms with van der Waals surface area (Å²) in [4.78, 5) is 0. The minimum absolute atomic E-state index is 0.903. The van der Waals surface area contributed by atoms with Crippen molar-refractivity contribution in [2.75, 3.05) is 0 Å². The summed E-state index contributed by atoms with van der Waals surface area (Å²) >= 11 is 0.